The molecule has 0 aliphatic carbocycles. The molecule has 0 saturated carbocycles. The van der Waals surface area contributed by atoms with Crippen molar-refractivity contribution in [2.75, 3.05) is 6.61 Å². The van der Waals surface area contributed by atoms with Crippen molar-refractivity contribution in [1.29, 1.82) is 0 Å². The van der Waals surface area contributed by atoms with Crippen LogP contribution in [0.25, 0.3) is 0 Å². The van der Waals surface area contributed by atoms with Gasteiger partial charge < -0.3 is 10.5 Å². The largest absolute Gasteiger partial charge is 0.493 e. The molecule has 0 unspecified atom stereocenters. The highest BCUT2D eigenvalue weighted by atomic mass is 35.5. The molecule has 0 aliphatic rings. The quantitative estimate of drug-likeness (QED) is 0.838. The first-order valence-electron chi connectivity index (χ1n) is 4.83. The highest BCUT2D eigenvalue weighted by molar-refractivity contribution is 6.31. The van der Waals surface area contributed by atoms with Gasteiger partial charge in [-0.15, -0.1) is 0 Å². The topological polar surface area (TPSA) is 52.3 Å². The summed E-state index contributed by atoms with van der Waals surface area (Å²) in [6.45, 7) is 2.33. The minimum Gasteiger partial charge on any atom is -0.493 e. The Kier molecular flexibility index (Phi) is 4.43. The lowest BCUT2D eigenvalue weighted by atomic mass is 10.1. The molecule has 1 rings (SSSR count). The SMILES string of the molecule is CCc1cc(OCCC(N)=O)ccc1Cl. The molecule has 4 heteroatoms. The minimum atomic E-state index is -0.361. The van der Waals surface area contributed by atoms with E-state index < -0.39 is 0 Å². The van der Waals surface area contributed by atoms with Gasteiger partial charge in [0, 0.05) is 5.02 Å². The Morgan fingerprint density at radius 2 is 2.27 bits per heavy atom. The van der Waals surface area contributed by atoms with Crippen LogP contribution in [0, 0.1) is 0 Å². The second-order valence-corrected chi connectivity index (χ2v) is 3.58. The zero-order valence-electron chi connectivity index (χ0n) is 8.63. The number of aryl methyl sites for hydroxylation is 1. The number of benzene rings is 1. The van der Waals surface area contributed by atoms with Crippen LogP contribution in [-0.2, 0) is 11.2 Å². The molecular weight excluding hydrogens is 214 g/mol. The van der Waals surface area contributed by atoms with Crippen LogP contribution in [0.1, 0.15) is 18.9 Å². The van der Waals surface area contributed by atoms with Crippen molar-refractivity contribution in [2.24, 2.45) is 5.73 Å². The van der Waals surface area contributed by atoms with E-state index in [0.717, 1.165) is 22.8 Å². The Hall–Kier alpha value is -1.22. The lowest BCUT2D eigenvalue weighted by molar-refractivity contribution is -0.118. The molecule has 0 aliphatic heterocycles. The van der Waals surface area contributed by atoms with Crippen LogP contribution in [0.5, 0.6) is 5.75 Å². The van der Waals surface area contributed by atoms with E-state index in [2.05, 4.69) is 0 Å². The lowest BCUT2D eigenvalue weighted by Crippen LogP contribution is -2.14. The van der Waals surface area contributed by atoms with E-state index in [4.69, 9.17) is 22.1 Å². The zero-order chi connectivity index (χ0) is 11.3. The van der Waals surface area contributed by atoms with Crippen molar-refractivity contribution in [2.45, 2.75) is 19.8 Å². The smallest absolute Gasteiger partial charge is 0.220 e. The van der Waals surface area contributed by atoms with Crippen molar-refractivity contribution in [3.63, 3.8) is 0 Å². The molecule has 3 nitrogen and oxygen atoms in total. The normalized spacial score (nSPS) is 10.0. The fourth-order valence-corrected chi connectivity index (χ4v) is 1.43. The van der Waals surface area contributed by atoms with Crippen molar-refractivity contribution in [3.8, 4) is 5.75 Å². The fourth-order valence-electron chi connectivity index (χ4n) is 1.18. The van der Waals surface area contributed by atoms with Gasteiger partial charge in [0.2, 0.25) is 5.91 Å². The Bertz CT molecular complexity index is 352. The number of amides is 1. The van der Waals surface area contributed by atoms with Crippen LogP contribution >= 0.6 is 11.6 Å². The summed E-state index contributed by atoms with van der Waals surface area (Å²) in [5.74, 6) is 0.358. The van der Waals surface area contributed by atoms with Gasteiger partial charge in [-0.1, -0.05) is 18.5 Å². The van der Waals surface area contributed by atoms with Crippen LogP contribution in [-0.4, -0.2) is 12.5 Å². The summed E-state index contributed by atoms with van der Waals surface area (Å²) >= 11 is 5.95. The molecule has 0 spiro atoms. The molecule has 15 heavy (non-hydrogen) atoms. The van der Waals surface area contributed by atoms with E-state index in [0.29, 0.717) is 6.61 Å². The third-order valence-corrected chi connectivity index (χ3v) is 2.38. The highest BCUT2D eigenvalue weighted by Gasteiger charge is 2.01. The number of carbonyl (C=O) groups is 1. The monoisotopic (exact) mass is 227 g/mol. The molecule has 1 amide bonds. The van der Waals surface area contributed by atoms with Gasteiger partial charge in [0.15, 0.2) is 0 Å². The number of hydrogen-bond acceptors (Lipinski definition) is 2. The molecule has 82 valence electrons. The van der Waals surface area contributed by atoms with Crippen LogP contribution in [0.3, 0.4) is 0 Å². The van der Waals surface area contributed by atoms with Gasteiger partial charge in [0.25, 0.3) is 0 Å². The van der Waals surface area contributed by atoms with E-state index in [1.54, 1.807) is 12.1 Å². The molecule has 1 aromatic carbocycles. The Morgan fingerprint density at radius 3 is 2.87 bits per heavy atom. The maximum absolute atomic E-state index is 10.5. The van der Waals surface area contributed by atoms with Crippen LogP contribution < -0.4 is 10.5 Å². The number of primary amides is 1. The van der Waals surface area contributed by atoms with Gasteiger partial charge in [-0.3, -0.25) is 4.79 Å². The van der Waals surface area contributed by atoms with Crippen LogP contribution in [0.2, 0.25) is 5.02 Å². The van der Waals surface area contributed by atoms with Gasteiger partial charge in [-0.05, 0) is 30.2 Å². The number of halogens is 1. The van der Waals surface area contributed by atoms with Gasteiger partial charge in [-0.25, -0.2) is 0 Å². The average molecular weight is 228 g/mol. The summed E-state index contributed by atoms with van der Waals surface area (Å²) in [7, 11) is 0. The molecular formula is C11H14ClNO2. The summed E-state index contributed by atoms with van der Waals surface area (Å²) in [5, 5.41) is 0.736. The van der Waals surface area contributed by atoms with Crippen LogP contribution in [0.4, 0.5) is 0 Å². The van der Waals surface area contributed by atoms with Crippen LogP contribution in [0.15, 0.2) is 18.2 Å². The van der Waals surface area contributed by atoms with Gasteiger partial charge in [0.1, 0.15) is 5.75 Å². The Balaban J connectivity index is 2.58. The van der Waals surface area contributed by atoms with Crippen molar-refractivity contribution in [1.82, 2.24) is 0 Å². The number of ether oxygens (including phenoxy) is 1. The number of carbonyl (C=O) groups excluding carboxylic acids is 1. The fraction of sp³-hybridized carbons (Fsp3) is 0.364. The second-order valence-electron chi connectivity index (χ2n) is 3.17. The summed E-state index contributed by atoms with van der Waals surface area (Å²) in [4.78, 5) is 10.5. The van der Waals surface area contributed by atoms with Gasteiger partial charge >= 0.3 is 0 Å². The van der Waals surface area contributed by atoms with Crippen molar-refractivity contribution < 1.29 is 9.53 Å². The average Bonchev–Trinajstić information content (AvgIpc) is 2.20. The first kappa shape index (κ1) is 11.9. The molecule has 1 aromatic rings. The summed E-state index contributed by atoms with van der Waals surface area (Å²) in [6, 6.07) is 5.45. The zero-order valence-corrected chi connectivity index (χ0v) is 9.38. The molecule has 0 bridgehead atoms. The van der Waals surface area contributed by atoms with E-state index in [1.165, 1.54) is 0 Å². The molecule has 0 atom stereocenters. The van der Waals surface area contributed by atoms with Crippen molar-refractivity contribution in [3.05, 3.63) is 28.8 Å². The standard InChI is InChI=1S/C11H14ClNO2/c1-2-8-7-9(3-4-10(8)12)15-6-5-11(13)14/h3-4,7H,2,5-6H2,1H3,(H2,13,14). The number of hydrogen-bond donors (Lipinski definition) is 1. The van der Waals surface area contributed by atoms with Gasteiger partial charge in [0.05, 0.1) is 13.0 Å². The predicted molar refractivity (Wildman–Crippen MR) is 60.1 cm³/mol. The molecule has 0 heterocycles. The molecule has 0 fully saturated rings. The third-order valence-electron chi connectivity index (χ3n) is 2.02. The minimum absolute atomic E-state index is 0.226. The van der Waals surface area contributed by atoms with E-state index in [1.807, 2.05) is 13.0 Å². The molecule has 0 aromatic heterocycles. The summed E-state index contributed by atoms with van der Waals surface area (Å²) in [6.07, 6.45) is 1.08. The summed E-state index contributed by atoms with van der Waals surface area (Å²) in [5.41, 5.74) is 6.03. The molecule has 0 radical (unpaired) electrons. The highest BCUT2D eigenvalue weighted by Crippen LogP contribution is 2.22. The number of rotatable bonds is 5. The van der Waals surface area contributed by atoms with Gasteiger partial charge in [-0.2, -0.15) is 0 Å². The number of nitrogens with two attached hydrogens (primary N) is 1. The Labute approximate surface area is 94.2 Å². The lowest BCUT2D eigenvalue weighted by Gasteiger charge is -2.07. The van der Waals surface area contributed by atoms with Crippen molar-refractivity contribution >= 4 is 17.5 Å². The maximum Gasteiger partial charge on any atom is 0.220 e. The maximum atomic E-state index is 10.5. The second kappa shape index (κ2) is 5.61. The van der Waals surface area contributed by atoms with E-state index in [9.17, 15) is 4.79 Å². The molecule has 0 saturated heterocycles. The first-order chi connectivity index (χ1) is 7.13. The first-order valence-corrected chi connectivity index (χ1v) is 5.20. The van der Waals surface area contributed by atoms with E-state index in [-0.39, 0.29) is 12.3 Å². The Morgan fingerprint density at radius 1 is 1.53 bits per heavy atom. The third kappa shape index (κ3) is 3.80. The molecule has 2 N–H and O–H groups in total. The predicted octanol–water partition coefficient (Wildman–Crippen LogP) is 2.16. The van der Waals surface area contributed by atoms with E-state index >= 15 is 0 Å². The summed E-state index contributed by atoms with van der Waals surface area (Å²) < 4.78 is 5.35.